The second-order valence-corrected chi connectivity index (χ2v) is 4.40. The third kappa shape index (κ3) is 3.31. The Morgan fingerprint density at radius 1 is 1.33 bits per heavy atom. The molecule has 0 bridgehead atoms. The molecule has 1 heterocycles. The van der Waals surface area contributed by atoms with Crippen LogP contribution in [0, 0.1) is 0 Å². The summed E-state index contributed by atoms with van der Waals surface area (Å²) in [5.74, 6) is 1.34. The van der Waals surface area contributed by atoms with Crippen molar-refractivity contribution in [3.8, 4) is 0 Å². The average molecular weight is 266 g/mol. The Morgan fingerprint density at radius 2 is 2.11 bits per heavy atom. The third-order valence-corrected chi connectivity index (χ3v) is 2.84. The van der Waals surface area contributed by atoms with Crippen LogP contribution in [0.15, 0.2) is 30.5 Å². The summed E-state index contributed by atoms with van der Waals surface area (Å²) < 4.78 is 5.15. The zero-order valence-corrected chi connectivity index (χ0v) is 11.0. The van der Waals surface area contributed by atoms with Crippen molar-refractivity contribution in [2.45, 2.75) is 12.5 Å². The molecule has 96 valence electrons. The molecule has 1 N–H and O–H groups in total. The summed E-state index contributed by atoms with van der Waals surface area (Å²) in [6.45, 7) is 0.598. The van der Waals surface area contributed by atoms with Gasteiger partial charge in [0.1, 0.15) is 5.82 Å². The maximum atomic E-state index is 5.76. The summed E-state index contributed by atoms with van der Waals surface area (Å²) in [5, 5.41) is 3.29. The van der Waals surface area contributed by atoms with E-state index in [4.69, 9.17) is 16.3 Å². The number of halogens is 1. The number of anilines is 1. The number of aromatic nitrogens is 2. The van der Waals surface area contributed by atoms with E-state index < -0.39 is 0 Å². The van der Waals surface area contributed by atoms with E-state index in [0.717, 1.165) is 23.3 Å². The Labute approximate surface area is 111 Å². The van der Waals surface area contributed by atoms with Gasteiger partial charge in [0.2, 0.25) is 0 Å². The fraction of sp³-hybridized carbons (Fsp3) is 0.385. The van der Waals surface area contributed by atoms with Gasteiger partial charge in [-0.1, -0.05) is 12.1 Å². The first-order chi connectivity index (χ1) is 8.83. The van der Waals surface area contributed by atoms with Crippen LogP contribution in [0.4, 0.5) is 5.82 Å². The van der Waals surface area contributed by atoms with Crippen molar-refractivity contribution in [1.29, 1.82) is 0 Å². The number of hydrogen-bond donors (Lipinski definition) is 1. The minimum absolute atomic E-state index is 0.156. The van der Waals surface area contributed by atoms with Crippen LogP contribution in [-0.4, -0.2) is 35.6 Å². The van der Waals surface area contributed by atoms with E-state index >= 15 is 0 Å². The highest BCUT2D eigenvalue weighted by Gasteiger charge is 2.09. The lowest BCUT2D eigenvalue weighted by Crippen LogP contribution is -2.26. The third-order valence-electron chi connectivity index (χ3n) is 2.63. The summed E-state index contributed by atoms with van der Waals surface area (Å²) in [4.78, 5) is 8.86. The largest absolute Gasteiger partial charge is 0.383 e. The quantitative estimate of drug-likeness (QED) is 0.816. The van der Waals surface area contributed by atoms with Crippen molar-refractivity contribution in [3.05, 3.63) is 30.5 Å². The van der Waals surface area contributed by atoms with Crippen LogP contribution >= 0.6 is 11.6 Å². The van der Waals surface area contributed by atoms with Gasteiger partial charge in [0.25, 0.3) is 0 Å². The minimum atomic E-state index is 0.156. The molecule has 1 unspecified atom stereocenters. The summed E-state index contributed by atoms with van der Waals surface area (Å²) in [6, 6.07) is 7.94. The Kier molecular flexibility index (Phi) is 4.73. The molecule has 2 aromatic rings. The van der Waals surface area contributed by atoms with Crippen LogP contribution in [0.5, 0.6) is 0 Å². The zero-order chi connectivity index (χ0) is 12.8. The lowest BCUT2D eigenvalue weighted by molar-refractivity contribution is 0.184. The van der Waals surface area contributed by atoms with Crippen molar-refractivity contribution < 1.29 is 4.74 Å². The topological polar surface area (TPSA) is 47.0 Å². The molecule has 0 saturated heterocycles. The first-order valence-corrected chi connectivity index (χ1v) is 6.40. The number of para-hydroxylation sites is 2. The van der Waals surface area contributed by atoms with Crippen LogP contribution in [0.1, 0.15) is 6.42 Å². The zero-order valence-electron chi connectivity index (χ0n) is 10.3. The number of fused-ring (bicyclic) bond motifs is 1. The molecule has 0 saturated carbocycles. The van der Waals surface area contributed by atoms with Gasteiger partial charge in [0.05, 0.1) is 29.9 Å². The van der Waals surface area contributed by atoms with Gasteiger partial charge in [-0.3, -0.25) is 4.98 Å². The fourth-order valence-electron chi connectivity index (χ4n) is 1.77. The minimum Gasteiger partial charge on any atom is -0.383 e. The molecule has 5 heteroatoms. The fourth-order valence-corrected chi connectivity index (χ4v) is 2.03. The van der Waals surface area contributed by atoms with Gasteiger partial charge in [-0.25, -0.2) is 4.98 Å². The second kappa shape index (κ2) is 6.52. The van der Waals surface area contributed by atoms with Crippen LogP contribution in [0.2, 0.25) is 0 Å². The van der Waals surface area contributed by atoms with Crippen LogP contribution in [-0.2, 0) is 4.74 Å². The number of hydrogen-bond acceptors (Lipinski definition) is 4. The number of benzene rings is 1. The molecule has 2 rings (SSSR count). The lowest BCUT2D eigenvalue weighted by atomic mass is 10.2. The number of nitrogens with zero attached hydrogens (tertiary/aromatic N) is 2. The number of nitrogens with one attached hydrogen (secondary N) is 1. The SMILES string of the molecule is COCC(CCCl)Nc1cnc2ccccc2n1. The maximum absolute atomic E-state index is 5.76. The van der Waals surface area contributed by atoms with Gasteiger partial charge in [0.15, 0.2) is 0 Å². The highest BCUT2D eigenvalue weighted by Crippen LogP contribution is 2.13. The van der Waals surface area contributed by atoms with Gasteiger partial charge in [-0.15, -0.1) is 11.6 Å². The molecule has 18 heavy (non-hydrogen) atoms. The highest BCUT2D eigenvalue weighted by atomic mass is 35.5. The summed E-state index contributed by atoms with van der Waals surface area (Å²) >= 11 is 5.76. The molecule has 1 atom stereocenters. The molecule has 1 aromatic heterocycles. The highest BCUT2D eigenvalue weighted by molar-refractivity contribution is 6.17. The predicted molar refractivity (Wildman–Crippen MR) is 74.2 cm³/mol. The van der Waals surface area contributed by atoms with Crippen molar-refractivity contribution in [2.24, 2.45) is 0 Å². The first kappa shape index (κ1) is 13.1. The van der Waals surface area contributed by atoms with Crippen molar-refractivity contribution in [1.82, 2.24) is 9.97 Å². The lowest BCUT2D eigenvalue weighted by Gasteiger charge is -2.17. The molecule has 4 nitrogen and oxygen atoms in total. The van der Waals surface area contributed by atoms with Crippen LogP contribution in [0.25, 0.3) is 11.0 Å². The van der Waals surface area contributed by atoms with Crippen LogP contribution < -0.4 is 5.32 Å². The average Bonchev–Trinajstić information content (AvgIpc) is 2.39. The summed E-state index contributed by atoms with van der Waals surface area (Å²) in [5.41, 5.74) is 1.77. The van der Waals surface area contributed by atoms with E-state index in [-0.39, 0.29) is 6.04 Å². The van der Waals surface area contributed by atoms with Gasteiger partial charge < -0.3 is 10.1 Å². The molecule has 0 aliphatic carbocycles. The van der Waals surface area contributed by atoms with Crippen molar-refractivity contribution in [2.75, 3.05) is 24.9 Å². The van der Waals surface area contributed by atoms with E-state index in [1.54, 1.807) is 13.3 Å². The van der Waals surface area contributed by atoms with Gasteiger partial charge >= 0.3 is 0 Å². The molecule has 0 amide bonds. The maximum Gasteiger partial charge on any atom is 0.145 e. The van der Waals surface area contributed by atoms with Crippen molar-refractivity contribution in [3.63, 3.8) is 0 Å². The molecular formula is C13H16ClN3O. The predicted octanol–water partition coefficient (Wildman–Crippen LogP) is 2.69. The molecule has 0 spiro atoms. The first-order valence-electron chi connectivity index (χ1n) is 5.86. The van der Waals surface area contributed by atoms with Gasteiger partial charge in [-0.2, -0.15) is 0 Å². The molecular weight excluding hydrogens is 250 g/mol. The number of methoxy groups -OCH3 is 1. The normalized spacial score (nSPS) is 12.6. The van der Waals surface area contributed by atoms with Crippen LogP contribution in [0.3, 0.4) is 0 Å². The summed E-state index contributed by atoms with van der Waals surface area (Å²) in [6.07, 6.45) is 2.56. The van der Waals surface area contributed by atoms with E-state index in [0.29, 0.717) is 12.5 Å². The molecule has 0 fully saturated rings. The number of rotatable bonds is 6. The number of alkyl halides is 1. The molecule has 0 aliphatic heterocycles. The van der Waals surface area contributed by atoms with E-state index in [9.17, 15) is 0 Å². The summed E-state index contributed by atoms with van der Waals surface area (Å²) in [7, 11) is 1.68. The standard InChI is InChI=1S/C13H16ClN3O/c1-18-9-10(6-7-14)16-13-8-15-11-4-2-3-5-12(11)17-13/h2-5,8,10H,6-7,9H2,1H3,(H,16,17). The van der Waals surface area contributed by atoms with E-state index in [1.165, 1.54) is 0 Å². The monoisotopic (exact) mass is 265 g/mol. The van der Waals surface area contributed by atoms with Gasteiger partial charge in [0, 0.05) is 13.0 Å². The van der Waals surface area contributed by atoms with E-state index in [2.05, 4.69) is 15.3 Å². The number of ether oxygens (including phenoxy) is 1. The van der Waals surface area contributed by atoms with Gasteiger partial charge in [-0.05, 0) is 18.6 Å². The Bertz CT molecular complexity index is 500. The molecule has 0 aliphatic rings. The second-order valence-electron chi connectivity index (χ2n) is 4.02. The Morgan fingerprint density at radius 3 is 2.83 bits per heavy atom. The Hall–Kier alpha value is -1.39. The van der Waals surface area contributed by atoms with Crippen molar-refractivity contribution >= 4 is 28.5 Å². The Balaban J connectivity index is 2.14. The molecule has 0 radical (unpaired) electrons. The molecule has 1 aromatic carbocycles. The van der Waals surface area contributed by atoms with E-state index in [1.807, 2.05) is 24.3 Å². The smallest absolute Gasteiger partial charge is 0.145 e.